The minimum Gasteiger partial charge on any atom is -0.489 e. The van der Waals surface area contributed by atoms with Gasteiger partial charge in [-0.25, -0.2) is 9.37 Å². The number of amides is 2. The first-order chi connectivity index (χ1) is 14.0. The Kier molecular flexibility index (Phi) is 4.94. The van der Waals surface area contributed by atoms with Crippen molar-refractivity contribution in [2.75, 3.05) is 11.9 Å². The molecule has 1 unspecified atom stereocenters. The molecule has 0 radical (unpaired) electrons. The number of aromatic nitrogens is 3. The Morgan fingerprint density at radius 2 is 2.10 bits per heavy atom. The lowest BCUT2D eigenvalue weighted by atomic mass is 10.1. The standard InChI is InChI=1S/C20H18FN5O3/c1-11-7-13(21)17-15(8-11)29-10-14(19(27)24-17)22-20(28)18-23-16(25-26-18)9-12-5-3-2-4-6-12/h2-8,14H,9-10H2,1H3,(H,22,28)(H,24,27)(H,23,25,26). The predicted molar refractivity (Wildman–Crippen MR) is 102 cm³/mol. The number of hydrogen-bond donors (Lipinski definition) is 3. The number of hydrogen-bond acceptors (Lipinski definition) is 5. The second kappa shape index (κ2) is 7.70. The number of nitrogens with zero attached hydrogens (tertiary/aromatic N) is 2. The second-order valence-electron chi connectivity index (χ2n) is 6.71. The predicted octanol–water partition coefficient (Wildman–Crippen LogP) is 1.97. The molecule has 148 valence electrons. The third-order valence-corrected chi connectivity index (χ3v) is 4.42. The van der Waals surface area contributed by atoms with Crippen LogP contribution >= 0.6 is 0 Å². The average molecular weight is 395 g/mol. The molecule has 0 spiro atoms. The molecule has 1 aliphatic heterocycles. The molecule has 2 aromatic carbocycles. The molecule has 3 aromatic rings. The molecule has 4 rings (SSSR count). The molecule has 0 aliphatic carbocycles. The number of ether oxygens (including phenoxy) is 1. The molecule has 1 atom stereocenters. The topological polar surface area (TPSA) is 109 Å². The number of aryl methyl sites for hydroxylation is 1. The largest absolute Gasteiger partial charge is 0.489 e. The molecule has 8 nitrogen and oxygen atoms in total. The number of carbonyl (C=O) groups is 2. The van der Waals surface area contributed by atoms with E-state index in [9.17, 15) is 14.0 Å². The summed E-state index contributed by atoms with van der Waals surface area (Å²) in [6, 6.07) is 11.5. The Bertz CT molecular complexity index is 1070. The van der Waals surface area contributed by atoms with Gasteiger partial charge in [-0.3, -0.25) is 14.7 Å². The van der Waals surface area contributed by atoms with E-state index in [2.05, 4.69) is 25.8 Å². The van der Waals surface area contributed by atoms with Crippen molar-refractivity contribution in [1.82, 2.24) is 20.5 Å². The van der Waals surface area contributed by atoms with Gasteiger partial charge in [0.15, 0.2) is 5.82 Å². The number of H-pyrrole nitrogens is 1. The highest BCUT2D eigenvalue weighted by Gasteiger charge is 2.29. The van der Waals surface area contributed by atoms with Gasteiger partial charge in [0.2, 0.25) is 5.82 Å². The zero-order valence-corrected chi connectivity index (χ0v) is 15.5. The van der Waals surface area contributed by atoms with Crippen molar-refractivity contribution >= 4 is 17.5 Å². The molecule has 1 aromatic heterocycles. The van der Waals surface area contributed by atoms with Crippen LogP contribution in [-0.4, -0.2) is 39.6 Å². The third kappa shape index (κ3) is 4.08. The molecule has 0 saturated heterocycles. The van der Waals surface area contributed by atoms with Gasteiger partial charge in [-0.15, -0.1) is 5.10 Å². The number of aromatic amines is 1. The fourth-order valence-electron chi connectivity index (χ4n) is 3.00. The van der Waals surface area contributed by atoms with Gasteiger partial charge in [-0.05, 0) is 30.2 Å². The smallest absolute Gasteiger partial charge is 0.291 e. The maximum Gasteiger partial charge on any atom is 0.291 e. The van der Waals surface area contributed by atoms with Crippen molar-refractivity contribution in [2.24, 2.45) is 0 Å². The van der Waals surface area contributed by atoms with Gasteiger partial charge in [0, 0.05) is 6.42 Å². The number of halogens is 1. The normalized spacial score (nSPS) is 15.7. The van der Waals surface area contributed by atoms with Crippen LogP contribution in [0.2, 0.25) is 0 Å². The summed E-state index contributed by atoms with van der Waals surface area (Å²) in [5.74, 6) is -1.16. The maximum atomic E-state index is 14.1. The Morgan fingerprint density at radius 1 is 1.31 bits per heavy atom. The number of nitrogens with one attached hydrogen (secondary N) is 3. The summed E-state index contributed by atoms with van der Waals surface area (Å²) in [6.45, 7) is 1.57. The van der Waals surface area contributed by atoms with Crippen LogP contribution in [-0.2, 0) is 11.2 Å². The molecule has 0 saturated carbocycles. The fourth-order valence-corrected chi connectivity index (χ4v) is 3.00. The Balaban J connectivity index is 1.44. The molecular weight excluding hydrogens is 377 g/mol. The summed E-state index contributed by atoms with van der Waals surface area (Å²) < 4.78 is 19.6. The van der Waals surface area contributed by atoms with Gasteiger partial charge in [0.25, 0.3) is 11.8 Å². The molecule has 3 N–H and O–H groups in total. The Hall–Kier alpha value is -3.75. The highest BCUT2D eigenvalue weighted by Crippen LogP contribution is 2.31. The zero-order valence-electron chi connectivity index (χ0n) is 15.5. The first kappa shape index (κ1) is 18.6. The average Bonchev–Trinajstić information content (AvgIpc) is 3.10. The monoisotopic (exact) mass is 395 g/mol. The lowest BCUT2D eigenvalue weighted by Gasteiger charge is -2.13. The second-order valence-corrected chi connectivity index (χ2v) is 6.71. The van der Waals surface area contributed by atoms with Gasteiger partial charge >= 0.3 is 0 Å². The Labute approximate surface area is 165 Å². The van der Waals surface area contributed by atoms with Crippen LogP contribution in [0.15, 0.2) is 42.5 Å². The van der Waals surface area contributed by atoms with E-state index >= 15 is 0 Å². The first-order valence-corrected chi connectivity index (χ1v) is 8.99. The lowest BCUT2D eigenvalue weighted by molar-refractivity contribution is -0.118. The lowest BCUT2D eigenvalue weighted by Crippen LogP contribution is -2.46. The molecular formula is C20H18FN5O3. The van der Waals surface area contributed by atoms with Crippen LogP contribution < -0.4 is 15.4 Å². The van der Waals surface area contributed by atoms with Crippen LogP contribution in [0.5, 0.6) is 5.75 Å². The number of anilines is 1. The van der Waals surface area contributed by atoms with E-state index in [-0.39, 0.29) is 23.9 Å². The Morgan fingerprint density at radius 3 is 2.90 bits per heavy atom. The van der Waals surface area contributed by atoms with E-state index in [0.29, 0.717) is 17.8 Å². The first-order valence-electron chi connectivity index (χ1n) is 8.99. The van der Waals surface area contributed by atoms with Crippen LogP contribution in [0.25, 0.3) is 0 Å². The van der Waals surface area contributed by atoms with E-state index in [1.807, 2.05) is 30.3 Å². The van der Waals surface area contributed by atoms with Crippen molar-refractivity contribution in [3.63, 3.8) is 0 Å². The third-order valence-electron chi connectivity index (χ3n) is 4.42. The molecule has 29 heavy (non-hydrogen) atoms. The van der Waals surface area contributed by atoms with E-state index < -0.39 is 23.7 Å². The molecule has 0 bridgehead atoms. The van der Waals surface area contributed by atoms with Gasteiger partial charge < -0.3 is 15.4 Å². The van der Waals surface area contributed by atoms with Crippen molar-refractivity contribution in [2.45, 2.75) is 19.4 Å². The van der Waals surface area contributed by atoms with Crippen molar-refractivity contribution in [3.05, 3.63) is 71.1 Å². The van der Waals surface area contributed by atoms with Crippen LogP contribution in [0.1, 0.15) is 27.6 Å². The summed E-state index contributed by atoms with van der Waals surface area (Å²) in [7, 11) is 0. The van der Waals surface area contributed by atoms with Gasteiger partial charge in [0.1, 0.15) is 29.9 Å². The molecule has 2 heterocycles. The van der Waals surface area contributed by atoms with Crippen molar-refractivity contribution in [3.8, 4) is 5.75 Å². The molecule has 2 amide bonds. The van der Waals surface area contributed by atoms with E-state index in [0.717, 1.165) is 5.56 Å². The minimum atomic E-state index is -1.02. The summed E-state index contributed by atoms with van der Waals surface area (Å²) in [6.07, 6.45) is 0.488. The summed E-state index contributed by atoms with van der Waals surface area (Å²) in [5, 5.41) is 11.6. The van der Waals surface area contributed by atoms with Crippen molar-refractivity contribution < 1.29 is 18.7 Å². The minimum absolute atomic E-state index is 0.0413. The number of rotatable bonds is 4. The van der Waals surface area contributed by atoms with Crippen LogP contribution in [0.3, 0.4) is 0 Å². The number of benzene rings is 2. The van der Waals surface area contributed by atoms with E-state index in [1.54, 1.807) is 13.0 Å². The van der Waals surface area contributed by atoms with E-state index in [4.69, 9.17) is 4.74 Å². The molecule has 9 heteroatoms. The van der Waals surface area contributed by atoms with Gasteiger partial charge in [-0.2, -0.15) is 0 Å². The number of fused-ring (bicyclic) bond motifs is 1. The highest BCUT2D eigenvalue weighted by atomic mass is 19.1. The van der Waals surface area contributed by atoms with Gasteiger partial charge in [-0.1, -0.05) is 30.3 Å². The SMILES string of the molecule is Cc1cc(F)c2c(c1)OCC(NC(=O)c1n[nH]c(Cc3ccccc3)n1)C(=O)N2. The maximum absolute atomic E-state index is 14.1. The van der Waals surface area contributed by atoms with Gasteiger partial charge in [0.05, 0.1) is 0 Å². The van der Waals surface area contributed by atoms with Crippen molar-refractivity contribution in [1.29, 1.82) is 0 Å². The van der Waals surface area contributed by atoms with Crippen LogP contribution in [0.4, 0.5) is 10.1 Å². The fraction of sp³-hybridized carbons (Fsp3) is 0.200. The number of carbonyl (C=O) groups excluding carboxylic acids is 2. The summed E-state index contributed by atoms with van der Waals surface area (Å²) in [5.41, 5.74) is 1.63. The zero-order chi connectivity index (χ0) is 20.4. The molecule has 1 aliphatic rings. The summed E-state index contributed by atoms with van der Waals surface area (Å²) in [4.78, 5) is 29.0. The highest BCUT2D eigenvalue weighted by molar-refractivity contribution is 6.01. The van der Waals surface area contributed by atoms with Crippen LogP contribution in [0, 0.1) is 12.7 Å². The van der Waals surface area contributed by atoms with E-state index in [1.165, 1.54) is 6.07 Å². The molecule has 0 fully saturated rings. The quantitative estimate of drug-likeness (QED) is 0.626. The summed E-state index contributed by atoms with van der Waals surface area (Å²) >= 11 is 0.